The SMILES string of the molecule is CCCOc1c(Br)ccnc1OC. The molecule has 1 rings (SSSR count). The topological polar surface area (TPSA) is 31.4 Å². The molecule has 0 saturated carbocycles. The number of aromatic nitrogens is 1. The Morgan fingerprint density at radius 3 is 2.92 bits per heavy atom. The van der Waals surface area contributed by atoms with Gasteiger partial charge in [-0.2, -0.15) is 0 Å². The highest BCUT2D eigenvalue weighted by Gasteiger charge is 2.08. The van der Waals surface area contributed by atoms with E-state index in [2.05, 4.69) is 27.8 Å². The van der Waals surface area contributed by atoms with E-state index >= 15 is 0 Å². The van der Waals surface area contributed by atoms with Gasteiger partial charge < -0.3 is 9.47 Å². The van der Waals surface area contributed by atoms with Gasteiger partial charge in [0.1, 0.15) is 0 Å². The Morgan fingerprint density at radius 1 is 1.54 bits per heavy atom. The summed E-state index contributed by atoms with van der Waals surface area (Å²) < 4.78 is 11.4. The van der Waals surface area contributed by atoms with Crippen LogP contribution >= 0.6 is 15.9 Å². The number of nitrogens with zero attached hydrogens (tertiary/aromatic N) is 1. The molecule has 3 nitrogen and oxygen atoms in total. The summed E-state index contributed by atoms with van der Waals surface area (Å²) in [5, 5.41) is 0. The zero-order valence-corrected chi connectivity index (χ0v) is 9.30. The highest BCUT2D eigenvalue weighted by Crippen LogP contribution is 2.32. The fourth-order valence-corrected chi connectivity index (χ4v) is 1.29. The van der Waals surface area contributed by atoms with Crippen LogP contribution in [0.5, 0.6) is 11.6 Å². The van der Waals surface area contributed by atoms with Gasteiger partial charge in [-0.25, -0.2) is 4.98 Å². The molecule has 0 bridgehead atoms. The van der Waals surface area contributed by atoms with Crippen molar-refractivity contribution >= 4 is 15.9 Å². The number of hydrogen-bond acceptors (Lipinski definition) is 3. The van der Waals surface area contributed by atoms with Gasteiger partial charge in [0.15, 0.2) is 5.75 Å². The van der Waals surface area contributed by atoms with Gasteiger partial charge in [0, 0.05) is 6.20 Å². The second kappa shape index (κ2) is 5.07. The Balaban J connectivity index is 2.87. The van der Waals surface area contributed by atoms with Crippen molar-refractivity contribution in [3.63, 3.8) is 0 Å². The predicted molar refractivity (Wildman–Crippen MR) is 54.3 cm³/mol. The molecule has 1 heterocycles. The summed E-state index contributed by atoms with van der Waals surface area (Å²) >= 11 is 3.37. The van der Waals surface area contributed by atoms with Crippen LogP contribution in [-0.2, 0) is 0 Å². The van der Waals surface area contributed by atoms with Gasteiger partial charge in [-0.15, -0.1) is 0 Å². The first-order valence-electron chi connectivity index (χ1n) is 4.11. The lowest BCUT2D eigenvalue weighted by atomic mass is 10.4. The van der Waals surface area contributed by atoms with E-state index in [-0.39, 0.29) is 0 Å². The van der Waals surface area contributed by atoms with Crippen molar-refractivity contribution in [1.82, 2.24) is 4.98 Å². The van der Waals surface area contributed by atoms with E-state index in [9.17, 15) is 0 Å². The number of methoxy groups -OCH3 is 1. The average molecular weight is 246 g/mol. The van der Waals surface area contributed by atoms with Crippen molar-refractivity contribution in [2.75, 3.05) is 13.7 Å². The zero-order valence-electron chi connectivity index (χ0n) is 7.71. The first-order valence-corrected chi connectivity index (χ1v) is 4.90. The molecular weight excluding hydrogens is 234 g/mol. The standard InChI is InChI=1S/C9H12BrNO2/c1-3-6-13-8-7(10)4-5-11-9(8)12-2/h4-5H,3,6H2,1-2H3. The van der Waals surface area contributed by atoms with Crippen molar-refractivity contribution in [2.24, 2.45) is 0 Å². The highest BCUT2D eigenvalue weighted by molar-refractivity contribution is 9.10. The maximum absolute atomic E-state index is 5.47. The molecule has 0 spiro atoms. The first kappa shape index (κ1) is 10.3. The van der Waals surface area contributed by atoms with Crippen LogP contribution in [0.2, 0.25) is 0 Å². The fraction of sp³-hybridized carbons (Fsp3) is 0.444. The molecule has 0 radical (unpaired) electrons. The molecule has 0 aliphatic heterocycles. The lowest BCUT2D eigenvalue weighted by molar-refractivity contribution is 0.286. The van der Waals surface area contributed by atoms with Crippen LogP contribution in [-0.4, -0.2) is 18.7 Å². The molecule has 1 aromatic heterocycles. The summed E-state index contributed by atoms with van der Waals surface area (Å²) in [6, 6.07) is 1.83. The molecule has 1 aromatic rings. The van der Waals surface area contributed by atoms with Gasteiger partial charge in [-0.3, -0.25) is 0 Å². The first-order chi connectivity index (χ1) is 6.29. The highest BCUT2D eigenvalue weighted by atomic mass is 79.9. The number of hydrogen-bond donors (Lipinski definition) is 0. The van der Waals surface area contributed by atoms with Crippen LogP contribution in [0.4, 0.5) is 0 Å². The van der Waals surface area contributed by atoms with Gasteiger partial charge >= 0.3 is 0 Å². The molecule has 0 atom stereocenters. The predicted octanol–water partition coefficient (Wildman–Crippen LogP) is 2.64. The van der Waals surface area contributed by atoms with Crippen molar-refractivity contribution in [3.05, 3.63) is 16.7 Å². The number of pyridine rings is 1. The van der Waals surface area contributed by atoms with Gasteiger partial charge in [0.2, 0.25) is 0 Å². The lowest BCUT2D eigenvalue weighted by Crippen LogP contribution is -1.99. The Kier molecular flexibility index (Phi) is 4.02. The van der Waals surface area contributed by atoms with E-state index in [1.807, 2.05) is 6.07 Å². The van der Waals surface area contributed by atoms with Crippen LogP contribution in [0.1, 0.15) is 13.3 Å². The van der Waals surface area contributed by atoms with Crippen molar-refractivity contribution in [3.8, 4) is 11.6 Å². The Labute approximate surface area is 86.2 Å². The smallest absolute Gasteiger partial charge is 0.257 e. The third-order valence-electron chi connectivity index (χ3n) is 1.47. The van der Waals surface area contributed by atoms with E-state index in [1.165, 1.54) is 0 Å². The molecule has 0 aliphatic rings. The van der Waals surface area contributed by atoms with Crippen LogP contribution < -0.4 is 9.47 Å². The van der Waals surface area contributed by atoms with E-state index in [4.69, 9.17) is 9.47 Å². The molecule has 0 N–H and O–H groups in total. The summed E-state index contributed by atoms with van der Waals surface area (Å²) in [6.45, 7) is 2.72. The minimum atomic E-state index is 0.517. The third-order valence-corrected chi connectivity index (χ3v) is 2.09. The van der Waals surface area contributed by atoms with Crippen LogP contribution in [0, 0.1) is 0 Å². The van der Waals surface area contributed by atoms with E-state index < -0.39 is 0 Å². The van der Waals surface area contributed by atoms with Crippen LogP contribution in [0.25, 0.3) is 0 Å². The summed E-state index contributed by atoms with van der Waals surface area (Å²) in [5.74, 6) is 1.19. The number of rotatable bonds is 4. The number of halogens is 1. The molecule has 0 aromatic carbocycles. The summed E-state index contributed by atoms with van der Waals surface area (Å²) in [5.41, 5.74) is 0. The van der Waals surface area contributed by atoms with Crippen molar-refractivity contribution < 1.29 is 9.47 Å². The molecule has 0 fully saturated rings. The maximum atomic E-state index is 5.47. The zero-order chi connectivity index (χ0) is 9.68. The summed E-state index contributed by atoms with van der Waals surface area (Å²) in [6.07, 6.45) is 2.63. The second-order valence-corrected chi connectivity index (χ2v) is 3.33. The largest absolute Gasteiger partial charge is 0.487 e. The van der Waals surface area contributed by atoms with E-state index in [0.29, 0.717) is 18.2 Å². The summed E-state index contributed by atoms with van der Waals surface area (Å²) in [7, 11) is 1.58. The van der Waals surface area contributed by atoms with Crippen LogP contribution in [0.3, 0.4) is 0 Å². The Bertz CT molecular complexity index is 278. The van der Waals surface area contributed by atoms with E-state index in [1.54, 1.807) is 13.3 Å². The molecule has 4 heteroatoms. The quantitative estimate of drug-likeness (QED) is 0.818. The summed E-state index contributed by atoms with van der Waals surface area (Å²) in [4.78, 5) is 4.03. The monoisotopic (exact) mass is 245 g/mol. The van der Waals surface area contributed by atoms with E-state index in [0.717, 1.165) is 10.9 Å². The fourth-order valence-electron chi connectivity index (χ4n) is 0.887. The molecule has 72 valence electrons. The maximum Gasteiger partial charge on any atom is 0.257 e. The van der Waals surface area contributed by atoms with Gasteiger partial charge in [0.25, 0.3) is 5.88 Å². The van der Waals surface area contributed by atoms with Crippen molar-refractivity contribution in [1.29, 1.82) is 0 Å². The molecule has 0 aliphatic carbocycles. The molecule has 0 saturated heterocycles. The molecule has 0 amide bonds. The molecule has 13 heavy (non-hydrogen) atoms. The lowest BCUT2D eigenvalue weighted by Gasteiger charge is -2.09. The average Bonchev–Trinajstić information content (AvgIpc) is 2.15. The molecular formula is C9H12BrNO2. The van der Waals surface area contributed by atoms with Gasteiger partial charge in [-0.05, 0) is 28.4 Å². The Hall–Kier alpha value is -0.770. The van der Waals surface area contributed by atoms with Crippen LogP contribution in [0.15, 0.2) is 16.7 Å². The minimum absolute atomic E-state index is 0.517. The van der Waals surface area contributed by atoms with Crippen molar-refractivity contribution in [2.45, 2.75) is 13.3 Å². The van der Waals surface area contributed by atoms with Gasteiger partial charge in [-0.1, -0.05) is 6.92 Å². The normalized spacial score (nSPS) is 9.77. The second-order valence-electron chi connectivity index (χ2n) is 2.48. The number of ether oxygens (including phenoxy) is 2. The minimum Gasteiger partial charge on any atom is -0.487 e. The Morgan fingerprint density at radius 2 is 2.31 bits per heavy atom. The molecule has 0 unspecified atom stereocenters. The van der Waals surface area contributed by atoms with Gasteiger partial charge in [0.05, 0.1) is 18.2 Å². The third kappa shape index (κ3) is 2.59.